The van der Waals surface area contributed by atoms with Gasteiger partial charge in [0.25, 0.3) is 0 Å². The quantitative estimate of drug-likeness (QED) is 0.828. The molecule has 1 fully saturated rings. The number of carbonyl (C=O) groups is 1. The lowest BCUT2D eigenvalue weighted by Gasteiger charge is -2.16. The first-order valence-electron chi connectivity index (χ1n) is 5.69. The highest BCUT2D eigenvalue weighted by molar-refractivity contribution is 7.99. The van der Waals surface area contributed by atoms with Crippen molar-refractivity contribution in [3.05, 3.63) is 17.5 Å². The molecule has 2 N–H and O–H groups in total. The van der Waals surface area contributed by atoms with E-state index in [2.05, 4.69) is 15.7 Å². The van der Waals surface area contributed by atoms with Crippen molar-refractivity contribution < 1.29 is 4.79 Å². The highest BCUT2D eigenvalue weighted by Gasteiger charge is 2.24. The summed E-state index contributed by atoms with van der Waals surface area (Å²) in [6.45, 7) is 4.00. The van der Waals surface area contributed by atoms with Crippen LogP contribution in [0.15, 0.2) is 6.20 Å². The minimum atomic E-state index is -0.0561. The lowest BCUT2D eigenvalue weighted by Crippen LogP contribution is -2.43. The molecule has 17 heavy (non-hydrogen) atoms. The number of thioether (sulfide) groups is 1. The van der Waals surface area contributed by atoms with E-state index in [0.717, 1.165) is 22.9 Å². The minimum Gasteiger partial charge on any atom is -0.348 e. The molecule has 0 spiro atoms. The van der Waals surface area contributed by atoms with Crippen LogP contribution in [0.25, 0.3) is 0 Å². The summed E-state index contributed by atoms with van der Waals surface area (Å²) < 4.78 is 1.82. The Bertz CT molecular complexity index is 412. The van der Waals surface area contributed by atoms with Gasteiger partial charge in [-0.3, -0.25) is 14.8 Å². The van der Waals surface area contributed by atoms with Crippen LogP contribution in [0.4, 0.5) is 0 Å². The van der Waals surface area contributed by atoms with E-state index in [9.17, 15) is 4.79 Å². The molecule has 94 valence electrons. The van der Waals surface area contributed by atoms with Crippen LogP contribution in [0.3, 0.4) is 0 Å². The zero-order chi connectivity index (χ0) is 12.4. The number of hydrogen-bond donors (Lipinski definition) is 2. The summed E-state index contributed by atoms with van der Waals surface area (Å²) >= 11 is 1.75. The fraction of sp³-hybridized carbons (Fsp3) is 0.636. The Hall–Kier alpha value is -1.01. The molecule has 1 amide bonds. The summed E-state index contributed by atoms with van der Waals surface area (Å²) in [5.41, 5.74) is 2.16. The summed E-state index contributed by atoms with van der Waals surface area (Å²) in [6, 6.07) is -0.0528. The summed E-state index contributed by atoms with van der Waals surface area (Å²) in [5.74, 6) is 1.79. The smallest absolute Gasteiger partial charge is 0.238 e. The van der Waals surface area contributed by atoms with Crippen molar-refractivity contribution in [1.29, 1.82) is 0 Å². The molecule has 2 rings (SSSR count). The molecule has 1 aromatic heterocycles. The molecular formula is C11H18N4OS. The predicted octanol–water partition coefficient (Wildman–Crippen LogP) is 0.568. The van der Waals surface area contributed by atoms with Crippen molar-refractivity contribution in [2.24, 2.45) is 7.05 Å². The van der Waals surface area contributed by atoms with Crippen LogP contribution in [0, 0.1) is 6.92 Å². The van der Waals surface area contributed by atoms with Gasteiger partial charge in [0.2, 0.25) is 5.91 Å². The third kappa shape index (κ3) is 2.63. The Balaban J connectivity index is 1.98. The number of aryl methyl sites for hydroxylation is 1. The van der Waals surface area contributed by atoms with Crippen LogP contribution >= 0.6 is 11.8 Å². The molecular weight excluding hydrogens is 236 g/mol. The first-order valence-corrected chi connectivity index (χ1v) is 6.85. The Kier molecular flexibility index (Phi) is 3.73. The monoisotopic (exact) mass is 254 g/mol. The molecule has 1 aliphatic heterocycles. The number of nitrogens with zero attached hydrogens (tertiary/aromatic N) is 2. The van der Waals surface area contributed by atoms with Gasteiger partial charge in [-0.1, -0.05) is 0 Å². The molecule has 2 unspecified atom stereocenters. The molecule has 6 heteroatoms. The fourth-order valence-corrected chi connectivity index (χ4v) is 2.84. The predicted molar refractivity (Wildman–Crippen MR) is 68.8 cm³/mol. The van der Waals surface area contributed by atoms with Gasteiger partial charge < -0.3 is 5.32 Å². The zero-order valence-electron chi connectivity index (χ0n) is 10.4. The molecule has 0 aliphatic carbocycles. The van der Waals surface area contributed by atoms with Gasteiger partial charge in [-0.2, -0.15) is 5.10 Å². The maximum absolute atomic E-state index is 11.9. The number of hydrogen-bond acceptors (Lipinski definition) is 4. The highest BCUT2D eigenvalue weighted by Crippen LogP contribution is 2.17. The van der Waals surface area contributed by atoms with E-state index < -0.39 is 0 Å². The van der Waals surface area contributed by atoms with Gasteiger partial charge in [0.15, 0.2) is 0 Å². The summed E-state index contributed by atoms with van der Waals surface area (Å²) in [6.07, 6.45) is 1.82. The normalized spacial score (nSPS) is 21.5. The lowest BCUT2D eigenvalue weighted by molar-refractivity contribution is -0.123. The Morgan fingerprint density at radius 3 is 3.06 bits per heavy atom. The largest absolute Gasteiger partial charge is 0.348 e. The van der Waals surface area contributed by atoms with Gasteiger partial charge in [-0.25, -0.2) is 0 Å². The average Bonchev–Trinajstić information content (AvgIpc) is 2.90. The van der Waals surface area contributed by atoms with Crippen LogP contribution in [-0.2, 0) is 11.8 Å². The fourth-order valence-electron chi connectivity index (χ4n) is 1.90. The van der Waals surface area contributed by atoms with Crippen molar-refractivity contribution in [1.82, 2.24) is 20.4 Å². The van der Waals surface area contributed by atoms with Crippen molar-refractivity contribution in [2.75, 3.05) is 11.6 Å². The molecule has 1 aliphatic rings. The number of rotatable bonds is 3. The molecule has 2 atom stereocenters. The summed E-state index contributed by atoms with van der Waals surface area (Å²) in [7, 11) is 1.91. The number of carbonyl (C=O) groups excluding carboxylic acids is 1. The first-order chi connectivity index (χ1) is 8.09. The van der Waals surface area contributed by atoms with E-state index in [-0.39, 0.29) is 18.0 Å². The van der Waals surface area contributed by atoms with Gasteiger partial charge in [0.05, 0.1) is 18.3 Å². The average molecular weight is 254 g/mol. The highest BCUT2D eigenvalue weighted by atomic mass is 32.2. The van der Waals surface area contributed by atoms with E-state index in [4.69, 9.17) is 0 Å². The van der Waals surface area contributed by atoms with Crippen molar-refractivity contribution in [2.45, 2.75) is 25.9 Å². The Morgan fingerprint density at radius 2 is 2.53 bits per heavy atom. The van der Waals surface area contributed by atoms with Crippen molar-refractivity contribution in [3.8, 4) is 0 Å². The van der Waals surface area contributed by atoms with Gasteiger partial charge in [0, 0.05) is 29.9 Å². The molecule has 2 heterocycles. The molecule has 0 saturated carbocycles. The lowest BCUT2D eigenvalue weighted by atomic mass is 10.1. The molecule has 5 nitrogen and oxygen atoms in total. The maximum atomic E-state index is 11.9. The van der Waals surface area contributed by atoms with Gasteiger partial charge in [0.1, 0.15) is 0 Å². The van der Waals surface area contributed by atoms with Crippen LogP contribution in [-0.4, -0.2) is 33.4 Å². The van der Waals surface area contributed by atoms with E-state index in [0.29, 0.717) is 0 Å². The SMILES string of the molecule is Cc1c(C(C)NC(=O)C2CSCN2)cnn1C. The molecule has 0 bridgehead atoms. The maximum Gasteiger partial charge on any atom is 0.238 e. The summed E-state index contributed by atoms with van der Waals surface area (Å²) in [5, 5.41) is 10.4. The Labute approximate surface area is 105 Å². The van der Waals surface area contributed by atoms with Gasteiger partial charge in [-0.15, -0.1) is 11.8 Å². The number of nitrogens with one attached hydrogen (secondary N) is 2. The van der Waals surface area contributed by atoms with Crippen molar-refractivity contribution >= 4 is 17.7 Å². The van der Waals surface area contributed by atoms with E-state index >= 15 is 0 Å². The molecule has 0 aromatic carbocycles. The summed E-state index contributed by atoms with van der Waals surface area (Å²) in [4.78, 5) is 11.9. The second-order valence-electron chi connectivity index (χ2n) is 4.31. The standard InChI is InChI=1S/C11H18N4OS/c1-7(9-4-13-15(3)8(9)2)14-11(16)10-5-17-6-12-10/h4,7,10,12H,5-6H2,1-3H3,(H,14,16). The van der Waals surface area contributed by atoms with E-state index in [1.807, 2.05) is 31.8 Å². The van der Waals surface area contributed by atoms with Crippen LogP contribution < -0.4 is 10.6 Å². The second kappa shape index (κ2) is 5.10. The van der Waals surface area contributed by atoms with Crippen LogP contribution in [0.5, 0.6) is 0 Å². The van der Waals surface area contributed by atoms with E-state index in [1.165, 1.54) is 0 Å². The minimum absolute atomic E-state index is 0.00333. The third-order valence-corrected chi connectivity index (χ3v) is 4.07. The van der Waals surface area contributed by atoms with Gasteiger partial charge >= 0.3 is 0 Å². The van der Waals surface area contributed by atoms with Gasteiger partial charge in [-0.05, 0) is 13.8 Å². The number of amides is 1. The molecule has 0 radical (unpaired) electrons. The molecule has 1 aromatic rings. The van der Waals surface area contributed by atoms with E-state index in [1.54, 1.807) is 11.8 Å². The first kappa shape index (κ1) is 12.4. The second-order valence-corrected chi connectivity index (χ2v) is 5.34. The zero-order valence-corrected chi connectivity index (χ0v) is 11.2. The topological polar surface area (TPSA) is 59.0 Å². The molecule has 1 saturated heterocycles. The van der Waals surface area contributed by atoms with Crippen LogP contribution in [0.1, 0.15) is 24.2 Å². The van der Waals surface area contributed by atoms with Crippen molar-refractivity contribution in [3.63, 3.8) is 0 Å². The van der Waals surface area contributed by atoms with Crippen LogP contribution in [0.2, 0.25) is 0 Å². The number of aromatic nitrogens is 2. The third-order valence-electron chi connectivity index (χ3n) is 3.13. The Morgan fingerprint density at radius 1 is 1.76 bits per heavy atom.